The molecule has 0 N–H and O–H groups in total. The molecular formula is C21H18F3NO. The average molecular weight is 357 g/mol. The Kier molecular flexibility index (Phi) is 4.98. The summed E-state index contributed by atoms with van der Waals surface area (Å²) in [6.45, 7) is 4.55. The summed E-state index contributed by atoms with van der Waals surface area (Å²) in [4.78, 5) is 14.9. The van der Waals surface area contributed by atoms with E-state index in [2.05, 4.69) is 6.58 Å². The van der Waals surface area contributed by atoms with E-state index in [0.717, 1.165) is 17.7 Å². The smallest absolute Gasteiger partial charge is 0.372 e. The standard InChI is InChI=1S/C21H18F3NO/c1-2-11-25-13-18(15-7-4-3-5-8-15)20(26)19(14-25)16-9-6-10-17(12-16)21(22,23)24/h2-10,12-13,19H,1,11,14H2. The lowest BCUT2D eigenvalue weighted by molar-refractivity contribution is -0.137. The molecule has 0 spiro atoms. The molecule has 2 nitrogen and oxygen atoms in total. The topological polar surface area (TPSA) is 20.3 Å². The maximum atomic E-state index is 13.1. The third-order valence-corrected chi connectivity index (χ3v) is 4.38. The van der Waals surface area contributed by atoms with Crippen molar-refractivity contribution in [3.05, 3.63) is 90.1 Å². The predicted octanol–water partition coefficient (Wildman–Crippen LogP) is 4.90. The molecule has 0 aromatic heterocycles. The Labute approximate surface area is 150 Å². The summed E-state index contributed by atoms with van der Waals surface area (Å²) in [6.07, 6.45) is -0.964. The number of hydrogen-bond acceptors (Lipinski definition) is 2. The summed E-state index contributed by atoms with van der Waals surface area (Å²) in [6, 6.07) is 14.2. The van der Waals surface area contributed by atoms with Gasteiger partial charge in [0, 0.05) is 24.9 Å². The first-order valence-electron chi connectivity index (χ1n) is 8.23. The maximum Gasteiger partial charge on any atom is 0.416 e. The number of Topliss-reactive ketones (excluding diaryl/α,β-unsaturated/α-hetero) is 1. The quantitative estimate of drug-likeness (QED) is 0.726. The van der Waals surface area contributed by atoms with Crippen molar-refractivity contribution in [2.24, 2.45) is 0 Å². The SMILES string of the molecule is C=CCN1C=C(c2ccccc2)C(=O)C(c2cccc(C(F)(F)F)c2)C1. The molecule has 0 saturated heterocycles. The molecule has 5 heteroatoms. The van der Waals surface area contributed by atoms with Gasteiger partial charge in [0.2, 0.25) is 0 Å². The number of nitrogens with zero attached hydrogens (tertiary/aromatic N) is 1. The molecule has 1 unspecified atom stereocenters. The molecule has 2 aromatic rings. The lowest BCUT2D eigenvalue weighted by atomic mass is 9.84. The van der Waals surface area contributed by atoms with Crippen LogP contribution in [0.15, 0.2) is 73.5 Å². The molecule has 2 aromatic carbocycles. The van der Waals surface area contributed by atoms with Crippen LogP contribution in [0, 0.1) is 0 Å². The third-order valence-electron chi connectivity index (χ3n) is 4.38. The highest BCUT2D eigenvalue weighted by molar-refractivity contribution is 6.24. The van der Waals surface area contributed by atoms with Gasteiger partial charge in [-0.1, -0.05) is 54.6 Å². The van der Waals surface area contributed by atoms with Gasteiger partial charge in [-0.05, 0) is 17.2 Å². The molecule has 0 bridgehead atoms. The number of carbonyl (C=O) groups excluding carboxylic acids is 1. The summed E-state index contributed by atoms with van der Waals surface area (Å²) >= 11 is 0. The van der Waals surface area contributed by atoms with Gasteiger partial charge < -0.3 is 4.90 Å². The first-order valence-corrected chi connectivity index (χ1v) is 8.23. The number of alkyl halides is 3. The molecule has 1 aliphatic heterocycles. The number of hydrogen-bond donors (Lipinski definition) is 0. The highest BCUT2D eigenvalue weighted by Crippen LogP contribution is 2.35. The van der Waals surface area contributed by atoms with Crippen LogP contribution in [0.2, 0.25) is 0 Å². The fraction of sp³-hybridized carbons (Fsp3) is 0.190. The number of benzene rings is 2. The molecular weight excluding hydrogens is 339 g/mol. The van der Waals surface area contributed by atoms with Crippen molar-refractivity contribution in [3.63, 3.8) is 0 Å². The Morgan fingerprint density at radius 1 is 1.12 bits per heavy atom. The third kappa shape index (κ3) is 3.72. The second kappa shape index (κ2) is 7.20. The van der Waals surface area contributed by atoms with E-state index in [0.29, 0.717) is 24.2 Å². The molecule has 0 amide bonds. The Morgan fingerprint density at radius 3 is 2.50 bits per heavy atom. The number of allylic oxidation sites excluding steroid dienone is 1. The van der Waals surface area contributed by atoms with E-state index < -0.39 is 17.7 Å². The summed E-state index contributed by atoms with van der Waals surface area (Å²) in [5.41, 5.74) is 0.888. The van der Waals surface area contributed by atoms with Gasteiger partial charge in [-0.3, -0.25) is 4.79 Å². The van der Waals surface area contributed by atoms with E-state index in [4.69, 9.17) is 0 Å². The predicted molar refractivity (Wildman–Crippen MR) is 95.4 cm³/mol. The zero-order valence-corrected chi connectivity index (χ0v) is 14.0. The van der Waals surface area contributed by atoms with Gasteiger partial charge in [-0.15, -0.1) is 6.58 Å². The molecule has 134 valence electrons. The minimum atomic E-state index is -4.44. The zero-order chi connectivity index (χ0) is 18.7. The number of rotatable bonds is 4. The minimum absolute atomic E-state index is 0.171. The Balaban J connectivity index is 2.02. The molecule has 1 atom stereocenters. The second-order valence-electron chi connectivity index (χ2n) is 6.19. The van der Waals surface area contributed by atoms with Crippen LogP contribution in [0.25, 0.3) is 5.57 Å². The van der Waals surface area contributed by atoms with E-state index >= 15 is 0 Å². The molecule has 26 heavy (non-hydrogen) atoms. The molecule has 0 fully saturated rings. The van der Waals surface area contributed by atoms with Crippen LogP contribution in [0.5, 0.6) is 0 Å². The van der Waals surface area contributed by atoms with Crippen molar-refractivity contribution >= 4 is 11.4 Å². The monoisotopic (exact) mass is 357 g/mol. The fourth-order valence-corrected chi connectivity index (χ4v) is 3.12. The minimum Gasteiger partial charge on any atom is -0.372 e. The molecule has 1 heterocycles. The van der Waals surface area contributed by atoms with Crippen LogP contribution in [0.1, 0.15) is 22.6 Å². The summed E-state index contributed by atoms with van der Waals surface area (Å²) in [5.74, 6) is -0.826. The van der Waals surface area contributed by atoms with Crippen LogP contribution in [-0.4, -0.2) is 23.8 Å². The van der Waals surface area contributed by atoms with Crippen molar-refractivity contribution < 1.29 is 18.0 Å². The lowest BCUT2D eigenvalue weighted by Gasteiger charge is -2.31. The van der Waals surface area contributed by atoms with E-state index in [1.807, 2.05) is 35.2 Å². The van der Waals surface area contributed by atoms with Gasteiger partial charge in [0.25, 0.3) is 0 Å². The summed E-state index contributed by atoms with van der Waals surface area (Å²) in [5, 5.41) is 0. The van der Waals surface area contributed by atoms with Crippen LogP contribution in [-0.2, 0) is 11.0 Å². The number of carbonyl (C=O) groups is 1. The largest absolute Gasteiger partial charge is 0.416 e. The van der Waals surface area contributed by atoms with Gasteiger partial charge in [0.05, 0.1) is 11.5 Å². The van der Waals surface area contributed by atoms with Crippen LogP contribution >= 0.6 is 0 Å². The molecule has 0 saturated carbocycles. The highest BCUT2D eigenvalue weighted by Gasteiger charge is 2.34. The van der Waals surface area contributed by atoms with Crippen molar-refractivity contribution in [2.45, 2.75) is 12.1 Å². The van der Waals surface area contributed by atoms with Crippen LogP contribution < -0.4 is 0 Å². The second-order valence-corrected chi connectivity index (χ2v) is 6.19. The fourth-order valence-electron chi connectivity index (χ4n) is 3.12. The first kappa shape index (κ1) is 18.0. The molecule has 1 aliphatic rings. The average Bonchev–Trinajstić information content (AvgIpc) is 2.63. The van der Waals surface area contributed by atoms with E-state index in [1.165, 1.54) is 6.07 Å². The summed E-state index contributed by atoms with van der Waals surface area (Å²) in [7, 11) is 0. The maximum absolute atomic E-state index is 13.1. The van der Waals surface area contributed by atoms with Gasteiger partial charge in [0.1, 0.15) is 0 Å². The van der Waals surface area contributed by atoms with Crippen molar-refractivity contribution in [2.75, 3.05) is 13.1 Å². The summed E-state index contributed by atoms with van der Waals surface area (Å²) < 4.78 is 39.2. The molecule has 0 radical (unpaired) electrons. The lowest BCUT2D eigenvalue weighted by Crippen LogP contribution is -2.34. The van der Waals surface area contributed by atoms with Gasteiger partial charge in [-0.25, -0.2) is 0 Å². The normalized spacial score (nSPS) is 17.8. The first-order chi connectivity index (χ1) is 12.4. The van der Waals surface area contributed by atoms with Crippen molar-refractivity contribution in [1.82, 2.24) is 4.90 Å². The van der Waals surface area contributed by atoms with Gasteiger partial charge in [-0.2, -0.15) is 13.2 Å². The number of ketones is 1. The van der Waals surface area contributed by atoms with Gasteiger partial charge in [0.15, 0.2) is 5.78 Å². The van der Waals surface area contributed by atoms with Crippen LogP contribution in [0.4, 0.5) is 13.2 Å². The van der Waals surface area contributed by atoms with Crippen molar-refractivity contribution in [3.8, 4) is 0 Å². The molecule has 0 aliphatic carbocycles. The Morgan fingerprint density at radius 2 is 1.85 bits per heavy atom. The van der Waals surface area contributed by atoms with E-state index in [9.17, 15) is 18.0 Å². The Hall–Kier alpha value is -2.82. The van der Waals surface area contributed by atoms with Gasteiger partial charge >= 0.3 is 6.18 Å². The zero-order valence-electron chi connectivity index (χ0n) is 14.0. The van der Waals surface area contributed by atoms with Crippen molar-refractivity contribution in [1.29, 1.82) is 0 Å². The van der Waals surface area contributed by atoms with E-state index in [1.54, 1.807) is 18.3 Å². The van der Waals surface area contributed by atoms with Crippen LogP contribution in [0.3, 0.4) is 0 Å². The highest BCUT2D eigenvalue weighted by atomic mass is 19.4. The number of halogens is 3. The van der Waals surface area contributed by atoms with E-state index in [-0.39, 0.29) is 5.78 Å². The Bertz CT molecular complexity index is 840. The molecule has 3 rings (SSSR count).